The molecule has 0 aliphatic carbocycles. The third kappa shape index (κ3) is 6.11. The average Bonchev–Trinajstić information content (AvgIpc) is 2.53. The van der Waals surface area contributed by atoms with Gasteiger partial charge in [-0.15, -0.1) is 0 Å². The van der Waals surface area contributed by atoms with Crippen LogP contribution in [0.5, 0.6) is 0 Å². The lowest BCUT2D eigenvalue weighted by Crippen LogP contribution is -2.26. The van der Waals surface area contributed by atoms with Crippen molar-refractivity contribution >= 4 is 11.9 Å². The smallest absolute Gasteiger partial charge is 0.321 e. The molecular formula is C16H18O5. The maximum Gasteiger partial charge on any atom is 0.321 e. The molecule has 5 nitrogen and oxygen atoms in total. The van der Waals surface area contributed by atoms with Crippen molar-refractivity contribution in [3.05, 3.63) is 35.9 Å². The van der Waals surface area contributed by atoms with Gasteiger partial charge in [0.25, 0.3) is 0 Å². The van der Waals surface area contributed by atoms with E-state index in [-0.39, 0.29) is 13.0 Å². The molecule has 1 aromatic rings. The standard InChI is InChI=1S/C16H18O5/c1-19-15(17)14(16(18)20-2)10-6-7-11-21-12-13-8-4-3-5-9-13/h3-5,8-9,14H,10-12H2,1-2H3. The SMILES string of the molecule is COC(=O)C(CC#CCOCc1ccccc1)C(=O)OC. The maximum atomic E-state index is 11.4. The Bertz CT molecular complexity index is 496. The highest BCUT2D eigenvalue weighted by molar-refractivity contribution is 5.95. The molecule has 0 fully saturated rings. The number of benzene rings is 1. The quantitative estimate of drug-likeness (QED) is 0.344. The first-order valence-corrected chi connectivity index (χ1v) is 6.42. The molecule has 1 aromatic carbocycles. The summed E-state index contributed by atoms with van der Waals surface area (Å²) in [5.41, 5.74) is 1.06. The van der Waals surface area contributed by atoms with E-state index in [1.54, 1.807) is 0 Å². The summed E-state index contributed by atoms with van der Waals surface area (Å²) in [5, 5.41) is 0. The molecule has 0 bridgehead atoms. The van der Waals surface area contributed by atoms with Crippen LogP contribution in [-0.4, -0.2) is 32.8 Å². The van der Waals surface area contributed by atoms with Gasteiger partial charge >= 0.3 is 11.9 Å². The molecule has 0 N–H and O–H groups in total. The number of rotatable bonds is 6. The highest BCUT2D eigenvalue weighted by atomic mass is 16.5. The number of carbonyl (C=O) groups excluding carboxylic acids is 2. The molecule has 0 unspecified atom stereocenters. The van der Waals surface area contributed by atoms with Gasteiger partial charge in [0.15, 0.2) is 5.92 Å². The van der Waals surface area contributed by atoms with Crippen LogP contribution in [0.15, 0.2) is 30.3 Å². The molecule has 0 radical (unpaired) electrons. The van der Waals surface area contributed by atoms with Gasteiger partial charge in [0.1, 0.15) is 6.61 Å². The van der Waals surface area contributed by atoms with Crippen LogP contribution in [0.2, 0.25) is 0 Å². The third-order valence-corrected chi connectivity index (χ3v) is 2.69. The minimum atomic E-state index is -1.01. The van der Waals surface area contributed by atoms with Crippen molar-refractivity contribution in [3.8, 4) is 11.8 Å². The van der Waals surface area contributed by atoms with Crippen molar-refractivity contribution < 1.29 is 23.8 Å². The van der Waals surface area contributed by atoms with E-state index < -0.39 is 17.9 Å². The molecule has 5 heteroatoms. The molecule has 0 atom stereocenters. The Morgan fingerprint density at radius 3 is 2.24 bits per heavy atom. The lowest BCUT2D eigenvalue weighted by Gasteiger charge is -2.08. The van der Waals surface area contributed by atoms with Gasteiger partial charge in [0.05, 0.1) is 20.8 Å². The number of esters is 2. The van der Waals surface area contributed by atoms with E-state index in [2.05, 4.69) is 21.3 Å². The second-order valence-electron chi connectivity index (χ2n) is 4.13. The molecule has 112 valence electrons. The van der Waals surface area contributed by atoms with Gasteiger partial charge in [-0.25, -0.2) is 0 Å². The summed E-state index contributed by atoms with van der Waals surface area (Å²) in [6, 6.07) is 9.71. The van der Waals surface area contributed by atoms with Crippen LogP contribution in [0, 0.1) is 17.8 Å². The third-order valence-electron chi connectivity index (χ3n) is 2.69. The average molecular weight is 290 g/mol. The fraction of sp³-hybridized carbons (Fsp3) is 0.375. The normalized spacial score (nSPS) is 9.67. The monoisotopic (exact) mass is 290 g/mol. The summed E-state index contributed by atoms with van der Waals surface area (Å²) in [4.78, 5) is 22.8. The first-order chi connectivity index (χ1) is 10.2. The van der Waals surface area contributed by atoms with Crippen LogP contribution in [0.3, 0.4) is 0 Å². The Kier molecular flexibility index (Phi) is 7.62. The molecule has 0 aliphatic heterocycles. The fourth-order valence-electron chi connectivity index (χ4n) is 1.57. The van der Waals surface area contributed by atoms with E-state index in [4.69, 9.17) is 4.74 Å². The summed E-state index contributed by atoms with van der Waals surface area (Å²) in [5.74, 6) is 3.17. The number of hydrogen-bond donors (Lipinski definition) is 0. The first kappa shape index (κ1) is 16.7. The Balaban J connectivity index is 2.36. The Morgan fingerprint density at radius 1 is 1.05 bits per heavy atom. The zero-order chi connectivity index (χ0) is 15.5. The molecule has 0 saturated heterocycles. The van der Waals surface area contributed by atoms with Gasteiger partial charge in [0, 0.05) is 6.42 Å². The molecule has 0 saturated carbocycles. The summed E-state index contributed by atoms with van der Waals surface area (Å²) in [7, 11) is 2.43. The molecule has 0 amide bonds. The van der Waals surface area contributed by atoms with Crippen molar-refractivity contribution in [1.82, 2.24) is 0 Å². The van der Waals surface area contributed by atoms with Crippen molar-refractivity contribution in [2.24, 2.45) is 5.92 Å². The zero-order valence-electron chi connectivity index (χ0n) is 12.1. The highest BCUT2D eigenvalue weighted by Crippen LogP contribution is 2.07. The number of carbonyl (C=O) groups is 2. The van der Waals surface area contributed by atoms with Crippen molar-refractivity contribution in [2.75, 3.05) is 20.8 Å². The molecule has 0 spiro atoms. The minimum absolute atomic E-state index is 0.0496. The Morgan fingerprint density at radius 2 is 1.67 bits per heavy atom. The minimum Gasteiger partial charge on any atom is -0.468 e. The first-order valence-electron chi connectivity index (χ1n) is 6.42. The van der Waals surface area contributed by atoms with Gasteiger partial charge in [0.2, 0.25) is 0 Å². The lowest BCUT2D eigenvalue weighted by atomic mass is 10.1. The summed E-state index contributed by atoms with van der Waals surface area (Å²) >= 11 is 0. The van der Waals surface area contributed by atoms with Gasteiger partial charge in [-0.1, -0.05) is 42.2 Å². The van der Waals surface area contributed by atoms with E-state index in [9.17, 15) is 9.59 Å². The van der Waals surface area contributed by atoms with Crippen molar-refractivity contribution in [1.29, 1.82) is 0 Å². The lowest BCUT2D eigenvalue weighted by molar-refractivity contribution is -0.158. The Labute approximate surface area is 124 Å². The van der Waals surface area contributed by atoms with Crippen LogP contribution in [-0.2, 0) is 30.4 Å². The van der Waals surface area contributed by atoms with Crippen molar-refractivity contribution in [3.63, 3.8) is 0 Å². The highest BCUT2D eigenvalue weighted by Gasteiger charge is 2.27. The Hall–Kier alpha value is -2.32. The maximum absolute atomic E-state index is 11.4. The van der Waals surface area contributed by atoms with Crippen LogP contribution >= 0.6 is 0 Å². The largest absolute Gasteiger partial charge is 0.468 e. The fourth-order valence-corrected chi connectivity index (χ4v) is 1.57. The molecule has 0 heterocycles. The molecule has 0 aliphatic rings. The van der Waals surface area contributed by atoms with Crippen LogP contribution in [0.4, 0.5) is 0 Å². The summed E-state index contributed by atoms with van der Waals surface area (Å²) in [6.07, 6.45) is 0.0496. The predicted octanol–water partition coefficient (Wildman–Crippen LogP) is 1.56. The van der Waals surface area contributed by atoms with Crippen molar-refractivity contribution in [2.45, 2.75) is 13.0 Å². The number of ether oxygens (including phenoxy) is 3. The van der Waals surface area contributed by atoms with E-state index in [1.807, 2.05) is 30.3 Å². The second kappa shape index (κ2) is 9.56. The zero-order valence-corrected chi connectivity index (χ0v) is 12.1. The van der Waals surface area contributed by atoms with E-state index in [0.29, 0.717) is 6.61 Å². The van der Waals surface area contributed by atoms with Gasteiger partial charge < -0.3 is 14.2 Å². The number of methoxy groups -OCH3 is 2. The summed E-state index contributed by atoms with van der Waals surface area (Å²) in [6.45, 7) is 0.691. The van der Waals surface area contributed by atoms with Gasteiger partial charge in [-0.2, -0.15) is 0 Å². The van der Waals surface area contributed by atoms with Crippen LogP contribution in [0.1, 0.15) is 12.0 Å². The van der Waals surface area contributed by atoms with Gasteiger partial charge in [-0.3, -0.25) is 9.59 Å². The number of hydrogen-bond acceptors (Lipinski definition) is 5. The summed E-state index contributed by atoms with van der Waals surface area (Å²) < 4.78 is 14.4. The van der Waals surface area contributed by atoms with Gasteiger partial charge in [-0.05, 0) is 5.56 Å². The van der Waals surface area contributed by atoms with Crippen LogP contribution in [0.25, 0.3) is 0 Å². The topological polar surface area (TPSA) is 61.8 Å². The van der Waals surface area contributed by atoms with E-state index in [1.165, 1.54) is 14.2 Å². The molecule has 1 rings (SSSR count). The molecule has 21 heavy (non-hydrogen) atoms. The molecular weight excluding hydrogens is 272 g/mol. The predicted molar refractivity (Wildman–Crippen MR) is 76.0 cm³/mol. The second-order valence-corrected chi connectivity index (χ2v) is 4.13. The van der Waals surface area contributed by atoms with Crippen LogP contribution < -0.4 is 0 Å². The van der Waals surface area contributed by atoms with E-state index in [0.717, 1.165) is 5.56 Å². The van der Waals surface area contributed by atoms with E-state index >= 15 is 0 Å². The molecule has 0 aromatic heterocycles.